The van der Waals surface area contributed by atoms with Gasteiger partial charge in [0.05, 0.1) is 15.9 Å². The van der Waals surface area contributed by atoms with E-state index in [9.17, 15) is 14.3 Å². The smallest absolute Gasteiger partial charge is 0.309 e. The number of anilines is 2. The van der Waals surface area contributed by atoms with Crippen LogP contribution in [-0.4, -0.2) is 58.2 Å². The number of likely N-dealkylation sites (tertiary alicyclic amines) is 1. The number of nitrogens with zero attached hydrogens (tertiary/aromatic N) is 4. The van der Waals surface area contributed by atoms with Crippen molar-refractivity contribution in [3.63, 3.8) is 0 Å². The van der Waals surface area contributed by atoms with Crippen LogP contribution in [0, 0.1) is 23.1 Å². The summed E-state index contributed by atoms with van der Waals surface area (Å²) < 4.78 is 14.2. The molecular formula is C26H32BrClFN5O2. The van der Waals surface area contributed by atoms with Crippen LogP contribution in [0.2, 0.25) is 5.02 Å². The summed E-state index contributed by atoms with van der Waals surface area (Å²) >= 11 is 9.77. The van der Waals surface area contributed by atoms with E-state index in [4.69, 9.17) is 16.6 Å². The van der Waals surface area contributed by atoms with Gasteiger partial charge >= 0.3 is 5.97 Å². The Morgan fingerprint density at radius 3 is 2.75 bits per heavy atom. The first-order valence-electron chi connectivity index (χ1n) is 12.6. The van der Waals surface area contributed by atoms with Gasteiger partial charge in [-0.1, -0.05) is 17.7 Å². The predicted molar refractivity (Wildman–Crippen MR) is 142 cm³/mol. The first kappa shape index (κ1) is 25.7. The molecule has 2 aliphatic heterocycles. The summed E-state index contributed by atoms with van der Waals surface area (Å²) in [6, 6.07) is 4.65. The molecule has 194 valence electrons. The molecule has 5 rings (SSSR count). The fourth-order valence-corrected chi connectivity index (χ4v) is 6.53. The van der Waals surface area contributed by atoms with E-state index in [2.05, 4.69) is 36.0 Å². The number of carboxylic acid groups (broad SMARTS) is 1. The highest BCUT2D eigenvalue weighted by atomic mass is 79.9. The first-order chi connectivity index (χ1) is 17.1. The summed E-state index contributed by atoms with van der Waals surface area (Å²) in [5, 5.41) is 13.2. The van der Waals surface area contributed by atoms with Crippen molar-refractivity contribution >= 4 is 45.3 Å². The minimum atomic E-state index is -0.666. The average molecular weight is 581 g/mol. The predicted octanol–water partition coefficient (Wildman–Crippen LogP) is 5.61. The van der Waals surface area contributed by atoms with E-state index in [1.54, 1.807) is 12.3 Å². The van der Waals surface area contributed by atoms with E-state index in [1.807, 2.05) is 13.8 Å². The van der Waals surface area contributed by atoms with Crippen LogP contribution in [0.25, 0.3) is 0 Å². The molecule has 36 heavy (non-hydrogen) atoms. The molecule has 0 radical (unpaired) electrons. The fourth-order valence-electron chi connectivity index (χ4n) is 5.89. The van der Waals surface area contributed by atoms with Gasteiger partial charge in [0.1, 0.15) is 11.6 Å². The lowest BCUT2D eigenvalue weighted by Gasteiger charge is -2.52. The minimum Gasteiger partial charge on any atom is -0.481 e. The van der Waals surface area contributed by atoms with E-state index in [0.29, 0.717) is 34.7 Å². The number of hydrogen-bond donors (Lipinski definition) is 2. The molecule has 2 aromatic rings. The average Bonchev–Trinajstić information content (AvgIpc) is 2.78. The van der Waals surface area contributed by atoms with Gasteiger partial charge in [0, 0.05) is 36.9 Å². The van der Waals surface area contributed by atoms with E-state index in [1.165, 1.54) is 25.0 Å². The van der Waals surface area contributed by atoms with Crippen LogP contribution < -0.4 is 10.2 Å². The SMILES string of the molecule is C[C@@H](Nc1nc(N2CC([C@H]3CCCN(C4CC(C)(C(=O)O)C4)C3)C2)ncc1Br)c1ccc(F)cc1Cl. The summed E-state index contributed by atoms with van der Waals surface area (Å²) in [7, 11) is 0. The van der Waals surface area contributed by atoms with Gasteiger partial charge in [0.2, 0.25) is 5.95 Å². The van der Waals surface area contributed by atoms with Crippen LogP contribution in [-0.2, 0) is 4.79 Å². The largest absolute Gasteiger partial charge is 0.481 e. The van der Waals surface area contributed by atoms with Gasteiger partial charge in [-0.25, -0.2) is 9.37 Å². The fraction of sp³-hybridized carbons (Fsp3) is 0.577. The van der Waals surface area contributed by atoms with Crippen LogP contribution in [0.5, 0.6) is 0 Å². The maximum absolute atomic E-state index is 13.4. The molecule has 0 spiro atoms. The number of carbonyl (C=O) groups is 1. The number of halogens is 3. The van der Waals surface area contributed by atoms with Crippen LogP contribution >= 0.6 is 27.5 Å². The van der Waals surface area contributed by atoms with Gasteiger partial charge in [-0.2, -0.15) is 4.98 Å². The zero-order valence-electron chi connectivity index (χ0n) is 20.6. The van der Waals surface area contributed by atoms with Gasteiger partial charge in [-0.15, -0.1) is 0 Å². The molecule has 1 saturated carbocycles. The monoisotopic (exact) mass is 579 g/mol. The van der Waals surface area contributed by atoms with Crippen LogP contribution in [0.15, 0.2) is 28.9 Å². The Labute approximate surface area is 224 Å². The Balaban J connectivity index is 1.17. The van der Waals surface area contributed by atoms with Gasteiger partial charge in [0.15, 0.2) is 0 Å². The van der Waals surface area contributed by atoms with Crippen molar-refractivity contribution in [3.05, 3.63) is 45.3 Å². The molecule has 3 aliphatic rings. The molecule has 0 amide bonds. The van der Waals surface area contributed by atoms with Crippen molar-refractivity contribution < 1.29 is 14.3 Å². The highest BCUT2D eigenvalue weighted by Gasteiger charge is 2.49. The highest BCUT2D eigenvalue weighted by Crippen LogP contribution is 2.45. The van der Waals surface area contributed by atoms with E-state index in [-0.39, 0.29) is 11.9 Å². The summed E-state index contributed by atoms with van der Waals surface area (Å²) in [5.74, 6) is 1.56. The second-order valence-corrected chi connectivity index (χ2v) is 12.2. The zero-order chi connectivity index (χ0) is 25.6. The Bertz CT molecular complexity index is 1140. The number of piperidine rings is 1. The van der Waals surface area contributed by atoms with Crippen LogP contribution in [0.1, 0.15) is 51.1 Å². The van der Waals surface area contributed by atoms with Crippen molar-refractivity contribution in [2.45, 2.75) is 51.6 Å². The van der Waals surface area contributed by atoms with Crippen molar-refractivity contribution in [3.8, 4) is 0 Å². The third-order valence-corrected chi connectivity index (χ3v) is 9.17. The maximum Gasteiger partial charge on any atom is 0.309 e. The number of nitrogens with one attached hydrogen (secondary N) is 1. The van der Waals surface area contributed by atoms with Crippen LogP contribution in [0.3, 0.4) is 0 Å². The summed E-state index contributed by atoms with van der Waals surface area (Å²) in [5.41, 5.74) is 0.251. The van der Waals surface area contributed by atoms with Crippen molar-refractivity contribution in [1.82, 2.24) is 14.9 Å². The molecule has 10 heteroatoms. The molecule has 0 bridgehead atoms. The summed E-state index contributed by atoms with van der Waals surface area (Å²) in [4.78, 5) is 25.5. The van der Waals surface area contributed by atoms with E-state index in [0.717, 1.165) is 49.1 Å². The molecule has 7 nitrogen and oxygen atoms in total. The minimum absolute atomic E-state index is 0.163. The van der Waals surface area contributed by atoms with Crippen molar-refractivity contribution in [2.75, 3.05) is 36.4 Å². The number of rotatable bonds is 7. The molecule has 1 aromatic heterocycles. The number of aliphatic carboxylic acids is 1. The molecule has 1 aromatic carbocycles. The van der Waals surface area contributed by atoms with Gasteiger partial charge in [0.25, 0.3) is 0 Å². The Morgan fingerprint density at radius 2 is 2.06 bits per heavy atom. The maximum atomic E-state index is 13.4. The molecule has 1 aliphatic carbocycles. The van der Waals surface area contributed by atoms with Gasteiger partial charge in [-0.3, -0.25) is 4.79 Å². The molecule has 2 atom stereocenters. The Kier molecular flexibility index (Phi) is 7.18. The second-order valence-electron chi connectivity index (χ2n) is 10.9. The third kappa shape index (κ3) is 5.07. The molecular weight excluding hydrogens is 549 g/mol. The number of hydrogen-bond acceptors (Lipinski definition) is 6. The quantitative estimate of drug-likeness (QED) is 0.441. The molecule has 3 fully saturated rings. The number of aromatic nitrogens is 2. The third-order valence-electron chi connectivity index (χ3n) is 8.27. The number of benzene rings is 1. The highest BCUT2D eigenvalue weighted by molar-refractivity contribution is 9.10. The van der Waals surface area contributed by atoms with Gasteiger partial charge < -0.3 is 20.2 Å². The molecule has 3 heterocycles. The Morgan fingerprint density at radius 1 is 1.31 bits per heavy atom. The van der Waals surface area contributed by atoms with Crippen molar-refractivity contribution in [2.24, 2.45) is 17.3 Å². The standard InChI is InChI=1S/C26H32BrClFN5O2/c1-15(20-6-5-18(29)8-22(20)28)31-23-21(27)11-30-25(32-23)34-13-17(14-34)16-4-3-7-33(12-16)19-9-26(2,10-19)24(35)36/h5-6,8,11,15-17,19H,3-4,7,9-10,12-14H2,1-2H3,(H,35,36)(H,30,31,32)/t15-,16+,19?,26?/m1/s1. The zero-order valence-corrected chi connectivity index (χ0v) is 22.9. The topological polar surface area (TPSA) is 81.6 Å². The van der Waals surface area contributed by atoms with Crippen molar-refractivity contribution in [1.29, 1.82) is 0 Å². The van der Waals surface area contributed by atoms with Gasteiger partial charge in [-0.05, 0) is 91.5 Å². The van der Waals surface area contributed by atoms with E-state index >= 15 is 0 Å². The summed E-state index contributed by atoms with van der Waals surface area (Å²) in [6.45, 7) is 7.82. The molecule has 0 unspecified atom stereocenters. The second kappa shape index (κ2) is 10.1. The molecule has 2 saturated heterocycles. The van der Waals surface area contributed by atoms with Crippen LogP contribution in [0.4, 0.5) is 16.2 Å². The Hall–Kier alpha value is -1.97. The lowest BCUT2D eigenvalue weighted by atomic mass is 9.65. The lowest BCUT2D eigenvalue weighted by Crippen LogP contribution is -2.58. The first-order valence-corrected chi connectivity index (χ1v) is 13.8. The lowest BCUT2D eigenvalue weighted by molar-refractivity contribution is -0.158. The normalized spacial score (nSPS) is 27.8. The number of carboxylic acids is 1. The molecule has 2 N–H and O–H groups in total. The van der Waals surface area contributed by atoms with E-state index < -0.39 is 11.4 Å². The summed E-state index contributed by atoms with van der Waals surface area (Å²) in [6.07, 6.45) is 5.68.